The summed E-state index contributed by atoms with van der Waals surface area (Å²) in [7, 11) is 0. The van der Waals surface area contributed by atoms with E-state index in [1.54, 1.807) is 0 Å². The molecule has 2 rings (SSSR count). The highest BCUT2D eigenvalue weighted by atomic mass is 15.0. The van der Waals surface area contributed by atoms with Crippen molar-refractivity contribution >= 4 is 0 Å². The van der Waals surface area contributed by atoms with Gasteiger partial charge in [-0.2, -0.15) is 0 Å². The summed E-state index contributed by atoms with van der Waals surface area (Å²) in [5.41, 5.74) is 0. The Morgan fingerprint density at radius 2 is 1.59 bits per heavy atom. The minimum atomic E-state index is 0.751. The highest BCUT2D eigenvalue weighted by molar-refractivity contribution is 4.84. The molecule has 1 nitrogen and oxygen atoms in total. The van der Waals surface area contributed by atoms with E-state index in [0.717, 1.165) is 29.8 Å². The predicted molar refractivity (Wildman–Crippen MR) is 75.1 cm³/mol. The van der Waals surface area contributed by atoms with Gasteiger partial charge in [0, 0.05) is 12.1 Å². The molecule has 2 fully saturated rings. The first-order chi connectivity index (χ1) is 8.16. The van der Waals surface area contributed by atoms with E-state index in [-0.39, 0.29) is 0 Å². The molecule has 0 bridgehead atoms. The van der Waals surface area contributed by atoms with E-state index in [1.165, 1.54) is 51.4 Å². The van der Waals surface area contributed by atoms with Crippen molar-refractivity contribution in [1.82, 2.24) is 5.32 Å². The van der Waals surface area contributed by atoms with Gasteiger partial charge >= 0.3 is 0 Å². The average Bonchev–Trinajstić information content (AvgIpc) is 2.35. The van der Waals surface area contributed by atoms with Crippen molar-refractivity contribution in [3.8, 4) is 0 Å². The molecule has 17 heavy (non-hydrogen) atoms. The molecule has 0 saturated heterocycles. The van der Waals surface area contributed by atoms with Gasteiger partial charge in [0.05, 0.1) is 0 Å². The summed E-state index contributed by atoms with van der Waals surface area (Å²) in [4.78, 5) is 0. The van der Waals surface area contributed by atoms with Crippen LogP contribution in [0.25, 0.3) is 0 Å². The molecular weight excluding hydrogens is 206 g/mol. The SMILES string of the molecule is CC1CCC(NC(C)C2CCCCC2)CC1C. The molecule has 1 heteroatoms. The van der Waals surface area contributed by atoms with Crippen LogP contribution in [-0.4, -0.2) is 12.1 Å². The number of hydrogen-bond donors (Lipinski definition) is 1. The Morgan fingerprint density at radius 3 is 2.24 bits per heavy atom. The van der Waals surface area contributed by atoms with Gasteiger partial charge in [0.15, 0.2) is 0 Å². The first-order valence-electron chi connectivity index (χ1n) is 7.93. The lowest BCUT2D eigenvalue weighted by Crippen LogP contribution is -2.44. The van der Waals surface area contributed by atoms with Gasteiger partial charge in [-0.15, -0.1) is 0 Å². The molecule has 2 saturated carbocycles. The van der Waals surface area contributed by atoms with E-state index in [0.29, 0.717) is 0 Å². The molecule has 1 N–H and O–H groups in total. The standard InChI is InChI=1S/C16H31N/c1-12-9-10-16(11-13(12)2)17-14(3)15-7-5-4-6-8-15/h12-17H,4-11H2,1-3H3. The van der Waals surface area contributed by atoms with Crippen molar-refractivity contribution in [3.05, 3.63) is 0 Å². The summed E-state index contributed by atoms with van der Waals surface area (Å²) in [5.74, 6) is 2.82. The first-order valence-corrected chi connectivity index (χ1v) is 7.93. The van der Waals surface area contributed by atoms with Crippen LogP contribution >= 0.6 is 0 Å². The number of hydrogen-bond acceptors (Lipinski definition) is 1. The smallest absolute Gasteiger partial charge is 0.00723 e. The second kappa shape index (κ2) is 6.22. The minimum absolute atomic E-state index is 0.751. The molecule has 0 heterocycles. The molecule has 0 amide bonds. The quantitative estimate of drug-likeness (QED) is 0.768. The van der Waals surface area contributed by atoms with Crippen LogP contribution in [0.5, 0.6) is 0 Å². The molecule has 0 aromatic heterocycles. The second-order valence-corrected chi connectivity index (χ2v) is 6.82. The molecule has 2 aliphatic carbocycles. The van der Waals surface area contributed by atoms with Crippen molar-refractivity contribution in [3.63, 3.8) is 0 Å². The zero-order valence-corrected chi connectivity index (χ0v) is 12.0. The van der Waals surface area contributed by atoms with Crippen molar-refractivity contribution < 1.29 is 0 Å². The van der Waals surface area contributed by atoms with Crippen LogP contribution in [0.3, 0.4) is 0 Å². The summed E-state index contributed by atoms with van der Waals surface area (Å²) in [6.45, 7) is 7.29. The van der Waals surface area contributed by atoms with Gasteiger partial charge < -0.3 is 5.32 Å². The van der Waals surface area contributed by atoms with Gasteiger partial charge in [-0.1, -0.05) is 33.1 Å². The normalized spacial score (nSPS) is 37.9. The molecule has 0 spiro atoms. The van der Waals surface area contributed by atoms with E-state index in [4.69, 9.17) is 0 Å². The molecule has 0 aliphatic heterocycles. The van der Waals surface area contributed by atoms with Gasteiger partial charge in [0.25, 0.3) is 0 Å². The van der Waals surface area contributed by atoms with Crippen LogP contribution in [0.1, 0.15) is 72.1 Å². The lowest BCUT2D eigenvalue weighted by atomic mass is 9.78. The third-order valence-corrected chi connectivity index (χ3v) is 5.45. The third-order valence-electron chi connectivity index (χ3n) is 5.45. The highest BCUT2D eigenvalue weighted by Crippen LogP contribution is 2.31. The molecule has 0 radical (unpaired) electrons. The first kappa shape index (κ1) is 13.4. The van der Waals surface area contributed by atoms with Crippen LogP contribution in [-0.2, 0) is 0 Å². The molecule has 0 aromatic carbocycles. The van der Waals surface area contributed by atoms with Crippen molar-refractivity contribution in [2.75, 3.05) is 0 Å². The fourth-order valence-electron chi connectivity index (χ4n) is 3.84. The van der Waals surface area contributed by atoms with E-state index >= 15 is 0 Å². The zero-order chi connectivity index (χ0) is 12.3. The Kier molecular flexibility index (Phi) is 4.90. The van der Waals surface area contributed by atoms with Gasteiger partial charge in [0.2, 0.25) is 0 Å². The predicted octanol–water partition coefficient (Wildman–Crippen LogP) is 4.37. The van der Waals surface area contributed by atoms with Gasteiger partial charge in [-0.05, 0) is 56.8 Å². The highest BCUT2D eigenvalue weighted by Gasteiger charge is 2.27. The van der Waals surface area contributed by atoms with Crippen LogP contribution in [0.15, 0.2) is 0 Å². The Morgan fingerprint density at radius 1 is 0.882 bits per heavy atom. The monoisotopic (exact) mass is 237 g/mol. The Bertz CT molecular complexity index is 220. The summed E-state index contributed by atoms with van der Waals surface area (Å²) in [6.07, 6.45) is 11.6. The van der Waals surface area contributed by atoms with E-state index in [2.05, 4.69) is 26.1 Å². The van der Waals surface area contributed by atoms with Crippen LogP contribution in [0.4, 0.5) is 0 Å². The van der Waals surface area contributed by atoms with E-state index < -0.39 is 0 Å². The van der Waals surface area contributed by atoms with E-state index in [1.807, 2.05) is 0 Å². The lowest BCUT2D eigenvalue weighted by Gasteiger charge is -2.37. The number of nitrogens with one attached hydrogen (secondary N) is 1. The van der Waals surface area contributed by atoms with E-state index in [9.17, 15) is 0 Å². The second-order valence-electron chi connectivity index (χ2n) is 6.82. The molecule has 4 atom stereocenters. The Labute approximate surface area is 108 Å². The summed E-state index contributed by atoms with van der Waals surface area (Å²) >= 11 is 0. The summed E-state index contributed by atoms with van der Waals surface area (Å²) < 4.78 is 0. The summed E-state index contributed by atoms with van der Waals surface area (Å²) in [5, 5.41) is 3.94. The number of rotatable bonds is 3. The van der Waals surface area contributed by atoms with Crippen molar-refractivity contribution in [2.24, 2.45) is 17.8 Å². The molecule has 100 valence electrons. The summed E-state index contributed by atoms with van der Waals surface area (Å²) in [6, 6.07) is 1.55. The van der Waals surface area contributed by atoms with Crippen LogP contribution < -0.4 is 5.32 Å². The molecule has 2 aliphatic rings. The average molecular weight is 237 g/mol. The topological polar surface area (TPSA) is 12.0 Å². The van der Waals surface area contributed by atoms with Crippen LogP contribution in [0, 0.1) is 17.8 Å². The Hall–Kier alpha value is -0.0400. The van der Waals surface area contributed by atoms with Gasteiger partial charge in [-0.25, -0.2) is 0 Å². The largest absolute Gasteiger partial charge is 0.311 e. The Balaban J connectivity index is 1.76. The van der Waals surface area contributed by atoms with Crippen molar-refractivity contribution in [2.45, 2.75) is 84.2 Å². The van der Waals surface area contributed by atoms with Crippen molar-refractivity contribution in [1.29, 1.82) is 0 Å². The lowest BCUT2D eigenvalue weighted by molar-refractivity contribution is 0.190. The maximum Gasteiger partial charge on any atom is 0.00723 e. The fourth-order valence-corrected chi connectivity index (χ4v) is 3.84. The fraction of sp³-hybridized carbons (Fsp3) is 1.00. The molecule has 4 unspecified atom stereocenters. The van der Waals surface area contributed by atoms with Crippen LogP contribution in [0.2, 0.25) is 0 Å². The van der Waals surface area contributed by atoms with Gasteiger partial charge in [-0.3, -0.25) is 0 Å². The maximum absolute atomic E-state index is 3.94. The zero-order valence-electron chi connectivity index (χ0n) is 12.0. The maximum atomic E-state index is 3.94. The third kappa shape index (κ3) is 3.71. The molecule has 0 aromatic rings. The molecular formula is C16H31N. The minimum Gasteiger partial charge on any atom is -0.311 e. The van der Waals surface area contributed by atoms with Gasteiger partial charge in [0.1, 0.15) is 0 Å².